The Bertz CT molecular complexity index is 970. The smallest absolute Gasteiger partial charge is 0.242 e. The zero-order valence-electron chi connectivity index (χ0n) is 17.9. The Morgan fingerprint density at radius 3 is 2.75 bits per heavy atom. The molecule has 3 aliphatic rings. The van der Waals surface area contributed by atoms with E-state index in [1.807, 2.05) is 23.1 Å². The molecule has 1 aromatic heterocycles. The number of halogens is 1. The number of piperazine rings is 1. The second kappa shape index (κ2) is 8.96. The number of pyridine rings is 1. The van der Waals surface area contributed by atoms with Crippen molar-refractivity contribution in [3.05, 3.63) is 65.7 Å². The number of aromatic nitrogens is 1. The molecule has 3 fully saturated rings. The van der Waals surface area contributed by atoms with Crippen molar-refractivity contribution in [2.45, 2.75) is 56.9 Å². The minimum atomic E-state index is -0.287. The number of nitrogens with one attached hydrogen (secondary N) is 2. The molecule has 168 valence electrons. The van der Waals surface area contributed by atoms with E-state index in [9.17, 15) is 14.0 Å². The van der Waals surface area contributed by atoms with E-state index in [0.29, 0.717) is 19.5 Å². The molecule has 32 heavy (non-hydrogen) atoms. The molecule has 2 aromatic rings. The first-order valence-corrected chi connectivity index (χ1v) is 11.3. The van der Waals surface area contributed by atoms with Crippen LogP contribution in [0.3, 0.4) is 0 Å². The number of hydrogen-bond donors (Lipinski definition) is 2. The second-order valence-electron chi connectivity index (χ2n) is 8.90. The van der Waals surface area contributed by atoms with Gasteiger partial charge >= 0.3 is 0 Å². The Morgan fingerprint density at radius 1 is 1.12 bits per heavy atom. The summed E-state index contributed by atoms with van der Waals surface area (Å²) in [5.41, 5.74) is 5.12. The van der Waals surface area contributed by atoms with Gasteiger partial charge in [0.05, 0.1) is 12.2 Å². The number of hydrazine groups is 1. The molecule has 8 heteroatoms. The number of carbonyl (C=O) groups excluding carboxylic acids is 2. The summed E-state index contributed by atoms with van der Waals surface area (Å²) in [5.74, 6) is -0.331. The molecular weight excluding hydrogens is 409 g/mol. The van der Waals surface area contributed by atoms with E-state index < -0.39 is 0 Å². The van der Waals surface area contributed by atoms with Crippen molar-refractivity contribution in [3.63, 3.8) is 0 Å². The highest BCUT2D eigenvalue weighted by atomic mass is 19.1. The van der Waals surface area contributed by atoms with Gasteiger partial charge in [-0.25, -0.2) is 9.40 Å². The Morgan fingerprint density at radius 2 is 1.97 bits per heavy atom. The molecule has 1 aliphatic carbocycles. The van der Waals surface area contributed by atoms with Crippen molar-refractivity contribution in [3.8, 4) is 0 Å². The van der Waals surface area contributed by atoms with Gasteiger partial charge in [0.2, 0.25) is 11.8 Å². The lowest BCUT2D eigenvalue weighted by Crippen LogP contribution is -2.68. The zero-order valence-corrected chi connectivity index (χ0v) is 17.9. The van der Waals surface area contributed by atoms with Crippen LogP contribution in [0.2, 0.25) is 0 Å². The lowest BCUT2D eigenvalue weighted by atomic mass is 9.78. The minimum Gasteiger partial charge on any atom is -0.350 e. The second-order valence-corrected chi connectivity index (χ2v) is 8.90. The van der Waals surface area contributed by atoms with Crippen molar-refractivity contribution in [1.29, 1.82) is 0 Å². The van der Waals surface area contributed by atoms with Crippen molar-refractivity contribution in [1.82, 2.24) is 25.6 Å². The maximum Gasteiger partial charge on any atom is 0.242 e. The molecule has 2 aliphatic heterocycles. The number of fused-ring (bicyclic) bond motifs is 3. The van der Waals surface area contributed by atoms with Gasteiger partial charge in [0.15, 0.2) is 0 Å². The quantitative estimate of drug-likeness (QED) is 0.748. The summed E-state index contributed by atoms with van der Waals surface area (Å²) in [6.07, 6.45) is 4.77. The Labute approximate surface area is 187 Å². The van der Waals surface area contributed by atoms with E-state index >= 15 is 0 Å². The topological polar surface area (TPSA) is 77.6 Å². The summed E-state index contributed by atoms with van der Waals surface area (Å²) in [5, 5.41) is 5.15. The van der Waals surface area contributed by atoms with Crippen molar-refractivity contribution in [2.75, 3.05) is 6.54 Å². The van der Waals surface area contributed by atoms with Crippen molar-refractivity contribution >= 4 is 11.8 Å². The van der Waals surface area contributed by atoms with Gasteiger partial charge in [0, 0.05) is 37.3 Å². The number of nitrogens with zero attached hydrogens (tertiary/aromatic N) is 3. The van der Waals surface area contributed by atoms with Crippen LogP contribution < -0.4 is 10.7 Å². The highest BCUT2D eigenvalue weighted by Gasteiger charge is 2.51. The van der Waals surface area contributed by atoms with Gasteiger partial charge in [-0.2, -0.15) is 0 Å². The SMILES string of the molecule is O=C(NCc1ccccn1)C1CCC2C(C1)N(Cc1ccc(F)cc1)C(=O)C1CCNN12. The normalized spacial score (nSPS) is 27.7. The van der Waals surface area contributed by atoms with E-state index in [2.05, 4.69) is 20.7 Å². The zero-order chi connectivity index (χ0) is 22.1. The van der Waals surface area contributed by atoms with Gasteiger partial charge in [0.1, 0.15) is 11.9 Å². The molecule has 1 saturated carbocycles. The first kappa shape index (κ1) is 21.0. The number of benzene rings is 1. The first-order valence-electron chi connectivity index (χ1n) is 11.3. The lowest BCUT2D eigenvalue weighted by molar-refractivity contribution is -0.157. The summed E-state index contributed by atoms with van der Waals surface area (Å²) in [7, 11) is 0. The van der Waals surface area contributed by atoms with Gasteiger partial charge < -0.3 is 10.2 Å². The Hall–Kier alpha value is -2.84. The maximum absolute atomic E-state index is 13.4. The van der Waals surface area contributed by atoms with Crippen LogP contribution in [-0.4, -0.2) is 51.4 Å². The molecule has 2 amide bonds. The molecule has 3 heterocycles. The van der Waals surface area contributed by atoms with Crippen LogP contribution in [-0.2, 0) is 22.7 Å². The van der Waals surface area contributed by atoms with Crippen LogP contribution >= 0.6 is 0 Å². The molecule has 2 saturated heterocycles. The highest BCUT2D eigenvalue weighted by Crippen LogP contribution is 2.38. The monoisotopic (exact) mass is 437 g/mol. The third-order valence-electron chi connectivity index (χ3n) is 6.96. The average Bonchev–Trinajstić information content (AvgIpc) is 3.32. The molecule has 0 spiro atoms. The molecule has 7 nitrogen and oxygen atoms in total. The Kier molecular flexibility index (Phi) is 5.89. The molecule has 2 N–H and O–H groups in total. The van der Waals surface area contributed by atoms with Gasteiger partial charge in [0.25, 0.3) is 0 Å². The number of rotatable bonds is 5. The maximum atomic E-state index is 13.4. The molecular formula is C24H28FN5O2. The lowest BCUT2D eigenvalue weighted by Gasteiger charge is -2.51. The van der Waals surface area contributed by atoms with E-state index in [4.69, 9.17) is 0 Å². The van der Waals surface area contributed by atoms with Crippen molar-refractivity contribution in [2.24, 2.45) is 5.92 Å². The molecule has 4 unspecified atom stereocenters. The standard InChI is InChI=1S/C24H28FN5O2/c25-18-7-4-16(5-8-18)15-29-22-13-17(23(31)27-14-19-3-1-2-11-26-19)6-9-20(22)30-21(24(29)32)10-12-28-30/h1-5,7-8,11,17,20-22,28H,6,9-10,12-15H2,(H,27,31). The fourth-order valence-corrected chi connectivity index (χ4v) is 5.36. The third-order valence-corrected chi connectivity index (χ3v) is 6.96. The predicted molar refractivity (Wildman–Crippen MR) is 116 cm³/mol. The van der Waals surface area contributed by atoms with Crippen LogP contribution in [0, 0.1) is 11.7 Å². The third kappa shape index (κ3) is 4.12. The summed E-state index contributed by atoms with van der Waals surface area (Å²) in [4.78, 5) is 32.5. The van der Waals surface area contributed by atoms with E-state index in [1.54, 1.807) is 18.3 Å². The van der Waals surface area contributed by atoms with E-state index in [0.717, 1.165) is 37.1 Å². The molecule has 0 radical (unpaired) electrons. The van der Waals surface area contributed by atoms with Gasteiger partial charge in [-0.3, -0.25) is 20.0 Å². The summed E-state index contributed by atoms with van der Waals surface area (Å²) < 4.78 is 13.4. The van der Waals surface area contributed by atoms with E-state index in [-0.39, 0.29) is 41.7 Å². The van der Waals surface area contributed by atoms with Gasteiger partial charge in [-0.15, -0.1) is 0 Å². The van der Waals surface area contributed by atoms with Crippen LogP contribution in [0.15, 0.2) is 48.7 Å². The fourth-order valence-electron chi connectivity index (χ4n) is 5.36. The van der Waals surface area contributed by atoms with Crippen LogP contribution in [0.25, 0.3) is 0 Å². The fraction of sp³-hybridized carbons (Fsp3) is 0.458. The number of amides is 2. The van der Waals surface area contributed by atoms with Gasteiger partial charge in [-0.1, -0.05) is 18.2 Å². The van der Waals surface area contributed by atoms with Gasteiger partial charge in [-0.05, 0) is 55.5 Å². The summed E-state index contributed by atoms with van der Waals surface area (Å²) in [6.45, 7) is 1.63. The largest absolute Gasteiger partial charge is 0.350 e. The molecule has 5 rings (SSSR count). The molecule has 1 aromatic carbocycles. The first-order chi connectivity index (χ1) is 15.6. The minimum absolute atomic E-state index is 0.0137. The summed E-state index contributed by atoms with van der Waals surface area (Å²) >= 11 is 0. The Balaban J connectivity index is 1.32. The van der Waals surface area contributed by atoms with Crippen molar-refractivity contribution < 1.29 is 14.0 Å². The van der Waals surface area contributed by atoms with Crippen LogP contribution in [0.4, 0.5) is 4.39 Å². The molecule has 4 atom stereocenters. The number of hydrogen-bond acceptors (Lipinski definition) is 5. The summed E-state index contributed by atoms with van der Waals surface area (Å²) in [6, 6.07) is 11.9. The molecule has 0 bridgehead atoms. The van der Waals surface area contributed by atoms with Crippen LogP contribution in [0.5, 0.6) is 0 Å². The van der Waals surface area contributed by atoms with Crippen LogP contribution in [0.1, 0.15) is 36.9 Å². The highest BCUT2D eigenvalue weighted by molar-refractivity contribution is 5.84. The average molecular weight is 438 g/mol. The van der Waals surface area contributed by atoms with E-state index in [1.165, 1.54) is 12.1 Å². The predicted octanol–water partition coefficient (Wildman–Crippen LogP) is 2.00. The number of carbonyl (C=O) groups is 2.